The molecule has 6 aromatic carbocycles. The molecule has 0 amide bonds. The monoisotopic (exact) mass is 476 g/mol. The Bertz CT molecular complexity index is 1880. The van der Waals surface area contributed by atoms with Crippen LogP contribution in [0.25, 0.3) is 43.8 Å². The zero-order valence-electron chi connectivity index (χ0n) is 20.1. The van der Waals surface area contributed by atoms with Crippen molar-refractivity contribution in [3.8, 4) is 11.1 Å². The minimum Gasteiger partial charge on any atom is -0.456 e. The van der Waals surface area contributed by atoms with Crippen molar-refractivity contribution in [3.63, 3.8) is 0 Å². The zero-order chi connectivity index (χ0) is 24.6. The molecule has 2 N–H and O–H groups in total. The number of nitrogens with one attached hydrogen (secondary N) is 2. The topological polar surface area (TPSA) is 37.2 Å². The molecule has 1 heterocycles. The SMILES string of the molecule is c1ccc(-c2cc(Nc3ccc4c(c3)oc3ccccc34)cc(Nc3cccc4ccccc34)c2)cc1. The first-order chi connectivity index (χ1) is 18.3. The average Bonchev–Trinajstić information content (AvgIpc) is 3.31. The Kier molecular flexibility index (Phi) is 5.11. The molecule has 0 spiro atoms. The number of benzene rings is 6. The second-order valence-corrected chi connectivity index (χ2v) is 9.25. The Morgan fingerprint density at radius 1 is 0.405 bits per heavy atom. The maximum Gasteiger partial charge on any atom is 0.137 e. The molecule has 1 aromatic heterocycles. The minimum atomic E-state index is 0.875. The molecule has 0 aliphatic heterocycles. The predicted octanol–water partition coefficient (Wildman–Crippen LogP) is 9.89. The van der Waals surface area contributed by atoms with Crippen LogP contribution in [0, 0.1) is 0 Å². The van der Waals surface area contributed by atoms with E-state index >= 15 is 0 Å². The molecule has 7 rings (SSSR count). The molecular weight excluding hydrogens is 452 g/mol. The Labute approximate surface area is 215 Å². The molecular formula is C34H24N2O. The first kappa shape index (κ1) is 21.3. The molecule has 0 saturated heterocycles. The fraction of sp³-hybridized carbons (Fsp3) is 0. The summed E-state index contributed by atoms with van der Waals surface area (Å²) in [7, 11) is 0. The van der Waals surface area contributed by atoms with E-state index in [0.717, 1.165) is 50.3 Å². The summed E-state index contributed by atoms with van der Waals surface area (Å²) < 4.78 is 6.12. The number of hydrogen-bond acceptors (Lipinski definition) is 3. The van der Waals surface area contributed by atoms with E-state index in [1.165, 1.54) is 16.3 Å². The Morgan fingerprint density at radius 3 is 2.00 bits per heavy atom. The van der Waals surface area contributed by atoms with E-state index in [1.807, 2.05) is 24.3 Å². The fourth-order valence-electron chi connectivity index (χ4n) is 5.03. The normalized spacial score (nSPS) is 11.2. The van der Waals surface area contributed by atoms with Crippen molar-refractivity contribution in [2.24, 2.45) is 0 Å². The molecule has 7 aromatic rings. The van der Waals surface area contributed by atoms with Crippen LogP contribution < -0.4 is 10.6 Å². The zero-order valence-corrected chi connectivity index (χ0v) is 20.1. The van der Waals surface area contributed by atoms with Gasteiger partial charge in [0.2, 0.25) is 0 Å². The Hall–Kier alpha value is -5.02. The molecule has 0 aliphatic carbocycles. The Morgan fingerprint density at radius 2 is 1.11 bits per heavy atom. The van der Waals surface area contributed by atoms with Gasteiger partial charge in [-0.05, 0) is 59.0 Å². The number of rotatable bonds is 5. The number of furan rings is 1. The second-order valence-electron chi connectivity index (χ2n) is 9.25. The highest BCUT2D eigenvalue weighted by molar-refractivity contribution is 6.05. The van der Waals surface area contributed by atoms with Crippen molar-refractivity contribution >= 4 is 55.5 Å². The van der Waals surface area contributed by atoms with Crippen molar-refractivity contribution in [1.82, 2.24) is 0 Å². The molecule has 3 nitrogen and oxygen atoms in total. The smallest absolute Gasteiger partial charge is 0.137 e. The summed E-state index contributed by atoms with van der Waals surface area (Å²) in [4.78, 5) is 0. The van der Waals surface area contributed by atoms with E-state index in [-0.39, 0.29) is 0 Å². The van der Waals surface area contributed by atoms with Crippen LogP contribution >= 0.6 is 0 Å². The van der Waals surface area contributed by atoms with Crippen LogP contribution in [-0.4, -0.2) is 0 Å². The van der Waals surface area contributed by atoms with Crippen molar-refractivity contribution < 1.29 is 4.42 Å². The van der Waals surface area contributed by atoms with Gasteiger partial charge >= 0.3 is 0 Å². The summed E-state index contributed by atoms with van der Waals surface area (Å²) in [6, 6.07) is 46.3. The van der Waals surface area contributed by atoms with Gasteiger partial charge in [0.15, 0.2) is 0 Å². The van der Waals surface area contributed by atoms with Crippen LogP contribution in [0.2, 0.25) is 0 Å². The predicted molar refractivity (Wildman–Crippen MR) is 156 cm³/mol. The summed E-state index contributed by atoms with van der Waals surface area (Å²) in [5, 5.41) is 12.0. The molecule has 37 heavy (non-hydrogen) atoms. The van der Waals surface area contributed by atoms with Gasteiger partial charge in [-0.2, -0.15) is 0 Å². The molecule has 0 bridgehead atoms. The lowest BCUT2D eigenvalue weighted by Crippen LogP contribution is -1.96. The third-order valence-electron chi connectivity index (χ3n) is 6.78. The lowest BCUT2D eigenvalue weighted by molar-refractivity contribution is 0.669. The van der Waals surface area contributed by atoms with Gasteiger partial charge in [0.25, 0.3) is 0 Å². The minimum absolute atomic E-state index is 0.875. The van der Waals surface area contributed by atoms with Gasteiger partial charge in [-0.15, -0.1) is 0 Å². The van der Waals surface area contributed by atoms with Gasteiger partial charge in [0, 0.05) is 45.0 Å². The van der Waals surface area contributed by atoms with Crippen LogP contribution in [0.3, 0.4) is 0 Å². The van der Waals surface area contributed by atoms with Crippen molar-refractivity contribution in [1.29, 1.82) is 0 Å². The molecule has 3 heteroatoms. The average molecular weight is 477 g/mol. The summed E-state index contributed by atoms with van der Waals surface area (Å²) in [6.45, 7) is 0. The van der Waals surface area contributed by atoms with E-state index in [4.69, 9.17) is 4.42 Å². The molecule has 0 atom stereocenters. The third-order valence-corrected chi connectivity index (χ3v) is 6.78. The highest BCUT2D eigenvalue weighted by atomic mass is 16.3. The van der Waals surface area contributed by atoms with Crippen LogP contribution in [0.15, 0.2) is 138 Å². The van der Waals surface area contributed by atoms with Crippen LogP contribution in [-0.2, 0) is 0 Å². The third kappa shape index (κ3) is 4.07. The van der Waals surface area contributed by atoms with Crippen molar-refractivity contribution in [2.75, 3.05) is 10.6 Å². The number of para-hydroxylation sites is 1. The quantitative estimate of drug-likeness (QED) is 0.259. The van der Waals surface area contributed by atoms with Gasteiger partial charge in [0.1, 0.15) is 11.2 Å². The highest BCUT2D eigenvalue weighted by Gasteiger charge is 2.09. The lowest BCUT2D eigenvalue weighted by atomic mass is 10.0. The fourth-order valence-corrected chi connectivity index (χ4v) is 5.03. The van der Waals surface area contributed by atoms with Gasteiger partial charge < -0.3 is 15.1 Å². The summed E-state index contributed by atoms with van der Waals surface area (Å²) in [5.74, 6) is 0. The summed E-state index contributed by atoms with van der Waals surface area (Å²) in [5.41, 5.74) is 8.16. The second kappa shape index (κ2) is 8.89. The van der Waals surface area contributed by atoms with E-state index in [2.05, 4.69) is 120 Å². The Balaban J connectivity index is 1.29. The van der Waals surface area contributed by atoms with E-state index in [1.54, 1.807) is 0 Å². The summed E-state index contributed by atoms with van der Waals surface area (Å²) in [6.07, 6.45) is 0. The van der Waals surface area contributed by atoms with Gasteiger partial charge in [-0.25, -0.2) is 0 Å². The maximum atomic E-state index is 6.12. The largest absolute Gasteiger partial charge is 0.456 e. The molecule has 0 radical (unpaired) electrons. The molecule has 0 unspecified atom stereocenters. The number of fused-ring (bicyclic) bond motifs is 4. The molecule has 176 valence electrons. The van der Waals surface area contributed by atoms with Gasteiger partial charge in [0.05, 0.1) is 0 Å². The standard InChI is InChI=1S/C34H24N2O/c1-2-9-23(10-3-1)25-19-27(21-28(20-25)36-32-15-8-12-24-11-4-5-13-29(24)32)35-26-17-18-31-30-14-6-7-16-33(30)37-34(31)22-26/h1-22,35-36H. The summed E-state index contributed by atoms with van der Waals surface area (Å²) >= 11 is 0. The van der Waals surface area contributed by atoms with E-state index < -0.39 is 0 Å². The van der Waals surface area contributed by atoms with Crippen molar-refractivity contribution in [3.05, 3.63) is 133 Å². The van der Waals surface area contributed by atoms with Crippen LogP contribution in [0.1, 0.15) is 0 Å². The number of hydrogen-bond donors (Lipinski definition) is 2. The lowest BCUT2D eigenvalue weighted by Gasteiger charge is -2.15. The highest BCUT2D eigenvalue weighted by Crippen LogP contribution is 2.35. The van der Waals surface area contributed by atoms with E-state index in [0.29, 0.717) is 0 Å². The molecule has 0 aliphatic rings. The first-order valence-electron chi connectivity index (χ1n) is 12.4. The molecule has 0 saturated carbocycles. The van der Waals surface area contributed by atoms with Gasteiger partial charge in [-0.1, -0.05) is 84.9 Å². The number of anilines is 4. The van der Waals surface area contributed by atoms with E-state index in [9.17, 15) is 0 Å². The van der Waals surface area contributed by atoms with Crippen molar-refractivity contribution in [2.45, 2.75) is 0 Å². The van der Waals surface area contributed by atoms with Crippen LogP contribution in [0.5, 0.6) is 0 Å². The van der Waals surface area contributed by atoms with Gasteiger partial charge in [-0.3, -0.25) is 0 Å². The first-order valence-corrected chi connectivity index (χ1v) is 12.4. The maximum absolute atomic E-state index is 6.12. The molecule has 0 fully saturated rings. The van der Waals surface area contributed by atoms with Crippen LogP contribution in [0.4, 0.5) is 22.7 Å².